The second kappa shape index (κ2) is 5.87. The second-order valence-corrected chi connectivity index (χ2v) is 6.63. The smallest absolute Gasteiger partial charge is 0.160 e. The number of hydrogen-bond donors (Lipinski definition) is 0. The highest BCUT2D eigenvalue weighted by Crippen LogP contribution is 2.32. The molecule has 0 aliphatic rings. The Bertz CT molecular complexity index is 1090. The first-order valence-electron chi connectivity index (χ1n) is 7.82. The lowest BCUT2D eigenvalue weighted by Crippen LogP contribution is -1.99. The van der Waals surface area contributed by atoms with Gasteiger partial charge in [0.05, 0.1) is 26.6 Å². The van der Waals surface area contributed by atoms with E-state index >= 15 is 0 Å². The topological polar surface area (TPSA) is 30.7 Å². The molecule has 0 spiro atoms. The number of fused-ring (bicyclic) bond motifs is 4. The van der Waals surface area contributed by atoms with Crippen molar-refractivity contribution in [3.05, 3.63) is 46.2 Å². The van der Waals surface area contributed by atoms with Crippen LogP contribution in [0.25, 0.3) is 33.1 Å². The lowest BCUT2D eigenvalue weighted by molar-refractivity contribution is 0.628. The standard InChI is InChI=1S/C18H14Cl2FN3/c1-2-3-6-24-16-5-4-10(21)7-11(16)17-18(24)23-15-9-13(20)12(19)8-14(15)22-17/h4-5,7-9H,2-3,6H2,1H3. The summed E-state index contributed by atoms with van der Waals surface area (Å²) in [5.74, 6) is -0.284. The molecule has 0 aliphatic heterocycles. The van der Waals surface area contributed by atoms with E-state index in [9.17, 15) is 4.39 Å². The molecule has 4 aromatic rings. The zero-order valence-corrected chi connectivity index (χ0v) is 14.5. The van der Waals surface area contributed by atoms with E-state index in [0.29, 0.717) is 26.6 Å². The van der Waals surface area contributed by atoms with Crippen LogP contribution in [0.3, 0.4) is 0 Å². The molecule has 0 aliphatic carbocycles. The third kappa shape index (κ3) is 2.41. The Morgan fingerprint density at radius 3 is 2.46 bits per heavy atom. The number of hydrogen-bond acceptors (Lipinski definition) is 2. The molecule has 0 amide bonds. The summed E-state index contributed by atoms with van der Waals surface area (Å²) < 4.78 is 15.9. The molecule has 122 valence electrons. The molecule has 0 saturated carbocycles. The number of aryl methyl sites for hydroxylation is 1. The molecular formula is C18H14Cl2FN3. The zero-order chi connectivity index (χ0) is 16.8. The second-order valence-electron chi connectivity index (χ2n) is 5.82. The average Bonchev–Trinajstić information content (AvgIpc) is 2.84. The maximum atomic E-state index is 13.8. The largest absolute Gasteiger partial charge is 0.324 e. The highest BCUT2D eigenvalue weighted by molar-refractivity contribution is 6.42. The van der Waals surface area contributed by atoms with Crippen LogP contribution in [0.15, 0.2) is 30.3 Å². The van der Waals surface area contributed by atoms with Crippen LogP contribution in [-0.4, -0.2) is 14.5 Å². The minimum Gasteiger partial charge on any atom is -0.324 e. The van der Waals surface area contributed by atoms with Crippen molar-refractivity contribution >= 4 is 56.3 Å². The molecule has 0 atom stereocenters. The van der Waals surface area contributed by atoms with Gasteiger partial charge in [-0.05, 0) is 36.8 Å². The predicted molar refractivity (Wildman–Crippen MR) is 97.4 cm³/mol. The van der Waals surface area contributed by atoms with Gasteiger partial charge in [-0.25, -0.2) is 14.4 Å². The summed E-state index contributed by atoms with van der Waals surface area (Å²) in [5.41, 5.74) is 3.70. The summed E-state index contributed by atoms with van der Waals surface area (Å²) in [5, 5.41) is 1.64. The van der Waals surface area contributed by atoms with Gasteiger partial charge in [-0.15, -0.1) is 0 Å². The normalized spacial score (nSPS) is 11.8. The number of aromatic nitrogens is 3. The number of unbranched alkanes of at least 4 members (excludes halogenated alkanes) is 1. The van der Waals surface area contributed by atoms with Gasteiger partial charge in [-0.2, -0.15) is 0 Å². The molecule has 0 N–H and O–H groups in total. The van der Waals surface area contributed by atoms with Gasteiger partial charge in [0.2, 0.25) is 0 Å². The van der Waals surface area contributed by atoms with E-state index in [1.165, 1.54) is 12.1 Å². The third-order valence-corrected chi connectivity index (χ3v) is 4.91. The molecule has 0 unspecified atom stereocenters. The Hall–Kier alpha value is -1.91. The Balaban J connectivity index is 2.13. The molecule has 0 fully saturated rings. The summed E-state index contributed by atoms with van der Waals surface area (Å²) in [4.78, 5) is 9.42. The molecule has 24 heavy (non-hydrogen) atoms. The Labute approximate surface area is 148 Å². The van der Waals surface area contributed by atoms with Crippen molar-refractivity contribution in [3.8, 4) is 0 Å². The van der Waals surface area contributed by atoms with Crippen molar-refractivity contribution in [3.63, 3.8) is 0 Å². The first-order valence-corrected chi connectivity index (χ1v) is 8.58. The quantitative estimate of drug-likeness (QED) is 0.449. The Morgan fingerprint density at radius 1 is 1.04 bits per heavy atom. The van der Waals surface area contributed by atoms with Crippen LogP contribution < -0.4 is 0 Å². The first kappa shape index (κ1) is 15.6. The number of halogens is 3. The Morgan fingerprint density at radius 2 is 1.75 bits per heavy atom. The summed E-state index contributed by atoms with van der Waals surface area (Å²) in [6.07, 6.45) is 2.07. The number of benzene rings is 2. The molecule has 2 heterocycles. The van der Waals surface area contributed by atoms with Crippen molar-refractivity contribution in [2.45, 2.75) is 26.3 Å². The SMILES string of the molecule is CCCCn1c2ccc(F)cc2c2nc3cc(Cl)c(Cl)cc3nc21. The van der Waals surface area contributed by atoms with E-state index < -0.39 is 0 Å². The van der Waals surface area contributed by atoms with Crippen LogP contribution in [0, 0.1) is 5.82 Å². The molecule has 2 aromatic carbocycles. The lowest BCUT2D eigenvalue weighted by atomic mass is 10.2. The van der Waals surface area contributed by atoms with Crippen LogP contribution in [0.1, 0.15) is 19.8 Å². The molecule has 6 heteroatoms. The van der Waals surface area contributed by atoms with E-state index in [-0.39, 0.29) is 5.82 Å². The van der Waals surface area contributed by atoms with Crippen LogP contribution in [0.4, 0.5) is 4.39 Å². The summed E-state index contributed by atoms with van der Waals surface area (Å²) in [6.45, 7) is 2.94. The van der Waals surface area contributed by atoms with Gasteiger partial charge in [-0.3, -0.25) is 0 Å². The first-order chi connectivity index (χ1) is 11.6. The van der Waals surface area contributed by atoms with Gasteiger partial charge in [0.25, 0.3) is 0 Å². The van der Waals surface area contributed by atoms with Crippen LogP contribution in [0.2, 0.25) is 10.0 Å². The van der Waals surface area contributed by atoms with Crippen LogP contribution in [-0.2, 0) is 6.54 Å². The van der Waals surface area contributed by atoms with Crippen molar-refractivity contribution in [1.82, 2.24) is 14.5 Å². The average molecular weight is 362 g/mol. The summed E-state index contributed by atoms with van der Waals surface area (Å²) in [7, 11) is 0. The van der Waals surface area contributed by atoms with Crippen LogP contribution in [0.5, 0.6) is 0 Å². The minimum atomic E-state index is -0.284. The molecule has 0 radical (unpaired) electrons. The fourth-order valence-corrected chi connectivity index (χ4v) is 3.32. The minimum absolute atomic E-state index is 0.284. The number of nitrogens with zero attached hydrogens (tertiary/aromatic N) is 3. The van der Waals surface area contributed by atoms with E-state index in [0.717, 1.165) is 35.9 Å². The maximum Gasteiger partial charge on any atom is 0.160 e. The van der Waals surface area contributed by atoms with Gasteiger partial charge < -0.3 is 4.57 Å². The van der Waals surface area contributed by atoms with E-state index in [2.05, 4.69) is 16.5 Å². The number of rotatable bonds is 3. The third-order valence-electron chi connectivity index (χ3n) is 4.18. The highest BCUT2D eigenvalue weighted by Gasteiger charge is 2.15. The molecule has 0 saturated heterocycles. The summed E-state index contributed by atoms with van der Waals surface area (Å²) in [6, 6.07) is 8.18. The molecular weight excluding hydrogens is 348 g/mol. The van der Waals surface area contributed by atoms with Crippen molar-refractivity contribution in [2.75, 3.05) is 0 Å². The molecule has 3 nitrogen and oxygen atoms in total. The Kier molecular flexibility index (Phi) is 3.82. The fraction of sp³-hybridized carbons (Fsp3) is 0.222. The van der Waals surface area contributed by atoms with Gasteiger partial charge in [-0.1, -0.05) is 36.5 Å². The predicted octanol–water partition coefficient (Wildman–Crippen LogP) is 5.98. The van der Waals surface area contributed by atoms with Crippen molar-refractivity contribution < 1.29 is 4.39 Å². The maximum absolute atomic E-state index is 13.8. The van der Waals surface area contributed by atoms with Gasteiger partial charge in [0, 0.05) is 11.9 Å². The van der Waals surface area contributed by atoms with E-state index in [1.54, 1.807) is 18.2 Å². The van der Waals surface area contributed by atoms with E-state index in [1.807, 2.05) is 0 Å². The van der Waals surface area contributed by atoms with Gasteiger partial charge >= 0.3 is 0 Å². The monoisotopic (exact) mass is 361 g/mol. The van der Waals surface area contributed by atoms with Gasteiger partial charge in [0.15, 0.2) is 5.65 Å². The van der Waals surface area contributed by atoms with Gasteiger partial charge in [0.1, 0.15) is 11.3 Å². The molecule has 2 aromatic heterocycles. The van der Waals surface area contributed by atoms with Crippen LogP contribution >= 0.6 is 23.2 Å². The molecule has 4 rings (SSSR count). The zero-order valence-electron chi connectivity index (χ0n) is 13.0. The summed E-state index contributed by atoms with van der Waals surface area (Å²) >= 11 is 12.2. The lowest BCUT2D eigenvalue weighted by Gasteiger charge is -2.06. The van der Waals surface area contributed by atoms with Crippen molar-refractivity contribution in [1.29, 1.82) is 0 Å². The highest BCUT2D eigenvalue weighted by atomic mass is 35.5. The molecule has 0 bridgehead atoms. The van der Waals surface area contributed by atoms with Crippen molar-refractivity contribution in [2.24, 2.45) is 0 Å². The fourth-order valence-electron chi connectivity index (χ4n) is 3.00. The van der Waals surface area contributed by atoms with E-state index in [4.69, 9.17) is 28.2 Å².